The second-order valence-electron chi connectivity index (χ2n) is 5.46. The fourth-order valence-corrected chi connectivity index (χ4v) is 2.76. The lowest BCUT2D eigenvalue weighted by molar-refractivity contribution is -0.130. The number of carbonyl (C=O) groups excluding carboxylic acids is 2. The van der Waals surface area contributed by atoms with Crippen molar-refractivity contribution in [2.75, 3.05) is 20.1 Å². The summed E-state index contributed by atoms with van der Waals surface area (Å²) >= 11 is 3.30. The highest BCUT2D eigenvalue weighted by molar-refractivity contribution is 9.10. The number of nitrogens with one attached hydrogen (secondary N) is 1. The van der Waals surface area contributed by atoms with Gasteiger partial charge in [0.2, 0.25) is 5.91 Å². The summed E-state index contributed by atoms with van der Waals surface area (Å²) in [4.78, 5) is 25.5. The number of halogens is 1. The van der Waals surface area contributed by atoms with Gasteiger partial charge in [-0.25, -0.2) is 0 Å². The first-order valence-electron chi connectivity index (χ1n) is 6.91. The largest absolute Gasteiger partial charge is 0.393 e. The molecule has 1 fully saturated rings. The molecule has 0 aliphatic heterocycles. The third kappa shape index (κ3) is 4.54. The molecule has 0 spiro atoms. The molecule has 114 valence electrons. The quantitative estimate of drug-likeness (QED) is 0.839. The van der Waals surface area contributed by atoms with E-state index < -0.39 is 0 Å². The molecular weight excluding hydrogens is 336 g/mol. The molecule has 21 heavy (non-hydrogen) atoms. The molecule has 0 heterocycles. The molecule has 1 aliphatic carbocycles. The van der Waals surface area contributed by atoms with Crippen molar-refractivity contribution < 1.29 is 14.7 Å². The van der Waals surface area contributed by atoms with Crippen LogP contribution in [0.3, 0.4) is 0 Å². The topological polar surface area (TPSA) is 69.6 Å². The lowest BCUT2D eigenvalue weighted by Crippen LogP contribution is -2.43. The summed E-state index contributed by atoms with van der Waals surface area (Å²) in [5.41, 5.74) is 0.516. The second-order valence-corrected chi connectivity index (χ2v) is 6.37. The average molecular weight is 355 g/mol. The lowest BCUT2D eigenvalue weighted by atomic mass is 9.82. The van der Waals surface area contributed by atoms with Gasteiger partial charge in [-0.15, -0.1) is 0 Å². The first kappa shape index (κ1) is 16.0. The van der Waals surface area contributed by atoms with Crippen LogP contribution < -0.4 is 5.32 Å². The molecule has 1 saturated carbocycles. The van der Waals surface area contributed by atoms with E-state index in [1.165, 1.54) is 0 Å². The highest BCUT2D eigenvalue weighted by Gasteiger charge is 2.29. The summed E-state index contributed by atoms with van der Waals surface area (Å²) in [5.74, 6) is -0.0217. The molecule has 5 nitrogen and oxygen atoms in total. The van der Waals surface area contributed by atoms with Crippen LogP contribution in [0.5, 0.6) is 0 Å². The van der Waals surface area contributed by atoms with Crippen molar-refractivity contribution in [3.8, 4) is 0 Å². The second kappa shape index (κ2) is 7.04. The molecule has 0 radical (unpaired) electrons. The predicted octanol–water partition coefficient (Wildman–Crippen LogP) is 1.41. The van der Waals surface area contributed by atoms with Crippen LogP contribution in [0.1, 0.15) is 23.2 Å². The lowest BCUT2D eigenvalue weighted by Gasteiger charge is -2.34. The Morgan fingerprint density at radius 1 is 1.43 bits per heavy atom. The Labute approximate surface area is 132 Å². The van der Waals surface area contributed by atoms with E-state index in [2.05, 4.69) is 21.2 Å². The van der Waals surface area contributed by atoms with Gasteiger partial charge >= 0.3 is 0 Å². The van der Waals surface area contributed by atoms with Gasteiger partial charge in [0.25, 0.3) is 5.91 Å². The number of aliphatic hydroxyl groups excluding tert-OH is 1. The van der Waals surface area contributed by atoms with Crippen LogP contribution in [-0.2, 0) is 4.79 Å². The van der Waals surface area contributed by atoms with E-state index in [1.54, 1.807) is 30.1 Å². The minimum absolute atomic E-state index is 0.0167. The molecular formula is C15H19BrN2O3. The summed E-state index contributed by atoms with van der Waals surface area (Å²) in [6, 6.07) is 7.01. The molecule has 2 N–H and O–H groups in total. The Bertz CT molecular complexity index is 529. The van der Waals surface area contributed by atoms with E-state index in [-0.39, 0.29) is 24.5 Å². The van der Waals surface area contributed by atoms with Crippen LogP contribution in [0.15, 0.2) is 28.7 Å². The Morgan fingerprint density at radius 2 is 2.14 bits per heavy atom. The normalized spacial score (nSPS) is 20.5. The van der Waals surface area contributed by atoms with Crippen molar-refractivity contribution in [2.45, 2.75) is 18.9 Å². The number of aliphatic hydroxyl groups is 1. The summed E-state index contributed by atoms with van der Waals surface area (Å²) < 4.78 is 0.821. The van der Waals surface area contributed by atoms with Crippen molar-refractivity contribution >= 4 is 27.7 Å². The maximum absolute atomic E-state index is 11.9. The highest BCUT2D eigenvalue weighted by Crippen LogP contribution is 2.27. The Balaban J connectivity index is 1.76. The van der Waals surface area contributed by atoms with Crippen molar-refractivity contribution in [3.63, 3.8) is 0 Å². The van der Waals surface area contributed by atoms with E-state index in [1.807, 2.05) is 6.07 Å². The van der Waals surface area contributed by atoms with Gasteiger partial charge in [-0.2, -0.15) is 0 Å². The van der Waals surface area contributed by atoms with Gasteiger partial charge in [0, 0.05) is 23.6 Å². The molecule has 1 aromatic carbocycles. The molecule has 6 heteroatoms. The van der Waals surface area contributed by atoms with Crippen LogP contribution in [0.4, 0.5) is 0 Å². The van der Waals surface area contributed by atoms with Crippen molar-refractivity contribution in [3.05, 3.63) is 34.3 Å². The third-order valence-corrected chi connectivity index (χ3v) is 4.15. The van der Waals surface area contributed by atoms with Crippen molar-refractivity contribution in [1.82, 2.24) is 10.2 Å². The maximum Gasteiger partial charge on any atom is 0.251 e. The number of benzene rings is 1. The highest BCUT2D eigenvalue weighted by atomic mass is 79.9. The fraction of sp³-hybridized carbons (Fsp3) is 0.467. The third-order valence-electron chi connectivity index (χ3n) is 3.66. The van der Waals surface area contributed by atoms with Gasteiger partial charge in [-0.05, 0) is 37.0 Å². The predicted molar refractivity (Wildman–Crippen MR) is 82.8 cm³/mol. The van der Waals surface area contributed by atoms with Crippen LogP contribution >= 0.6 is 15.9 Å². The number of likely N-dealkylation sites (N-methyl/N-ethyl adjacent to an activating group) is 1. The number of rotatable bonds is 5. The van der Waals surface area contributed by atoms with Crippen LogP contribution in [0, 0.1) is 5.92 Å². The minimum Gasteiger partial charge on any atom is -0.393 e. The number of amides is 2. The SMILES string of the molecule is CN(CC1CC(O)C1)C(=O)CNC(=O)c1cccc(Br)c1. The molecule has 1 aliphatic rings. The summed E-state index contributed by atoms with van der Waals surface area (Å²) in [6.45, 7) is 0.611. The number of hydrogen-bond donors (Lipinski definition) is 2. The first-order chi connectivity index (χ1) is 9.95. The van der Waals surface area contributed by atoms with Gasteiger partial charge in [0.15, 0.2) is 0 Å². The Kier molecular flexibility index (Phi) is 5.36. The first-order valence-corrected chi connectivity index (χ1v) is 7.71. The van der Waals surface area contributed by atoms with E-state index in [4.69, 9.17) is 0 Å². The zero-order chi connectivity index (χ0) is 15.4. The van der Waals surface area contributed by atoms with Crippen LogP contribution in [0.2, 0.25) is 0 Å². The van der Waals surface area contributed by atoms with Gasteiger partial charge in [-0.3, -0.25) is 9.59 Å². The zero-order valence-electron chi connectivity index (χ0n) is 11.9. The molecule has 0 saturated heterocycles. The Morgan fingerprint density at radius 3 is 2.76 bits per heavy atom. The summed E-state index contributed by atoms with van der Waals surface area (Å²) in [5, 5.41) is 11.9. The number of hydrogen-bond acceptors (Lipinski definition) is 3. The van der Waals surface area contributed by atoms with E-state index in [0.717, 1.165) is 17.3 Å². The van der Waals surface area contributed by atoms with Gasteiger partial charge in [0.1, 0.15) is 0 Å². The maximum atomic E-state index is 11.9. The summed E-state index contributed by atoms with van der Waals surface area (Å²) in [6.07, 6.45) is 1.29. The molecule has 0 aromatic heterocycles. The smallest absolute Gasteiger partial charge is 0.251 e. The molecule has 1 aromatic rings. The van der Waals surface area contributed by atoms with Gasteiger partial charge in [0.05, 0.1) is 12.6 Å². The van der Waals surface area contributed by atoms with E-state index >= 15 is 0 Å². The molecule has 0 bridgehead atoms. The van der Waals surface area contributed by atoms with E-state index in [0.29, 0.717) is 18.0 Å². The van der Waals surface area contributed by atoms with Gasteiger partial charge < -0.3 is 15.3 Å². The minimum atomic E-state index is -0.267. The van der Waals surface area contributed by atoms with Crippen LogP contribution in [-0.4, -0.2) is 48.1 Å². The Hall–Kier alpha value is -1.40. The summed E-state index contributed by atoms with van der Waals surface area (Å²) in [7, 11) is 1.72. The molecule has 2 rings (SSSR count). The molecule has 2 amide bonds. The van der Waals surface area contributed by atoms with Gasteiger partial charge in [-0.1, -0.05) is 22.0 Å². The van der Waals surface area contributed by atoms with Crippen molar-refractivity contribution in [2.24, 2.45) is 5.92 Å². The molecule has 0 atom stereocenters. The average Bonchev–Trinajstić information content (AvgIpc) is 2.42. The zero-order valence-corrected chi connectivity index (χ0v) is 13.5. The monoisotopic (exact) mass is 354 g/mol. The fourth-order valence-electron chi connectivity index (χ4n) is 2.36. The van der Waals surface area contributed by atoms with Crippen LogP contribution in [0.25, 0.3) is 0 Å². The number of carbonyl (C=O) groups is 2. The number of nitrogens with zero attached hydrogens (tertiary/aromatic N) is 1. The standard InChI is InChI=1S/C15H19BrN2O3/c1-18(9-10-5-13(19)6-10)14(20)8-17-15(21)11-3-2-4-12(16)7-11/h2-4,7,10,13,19H,5-6,8-9H2,1H3,(H,17,21). The van der Waals surface area contributed by atoms with E-state index in [9.17, 15) is 14.7 Å². The van der Waals surface area contributed by atoms with Crippen molar-refractivity contribution in [1.29, 1.82) is 0 Å². The molecule has 0 unspecified atom stereocenters.